The van der Waals surface area contributed by atoms with Crippen molar-refractivity contribution >= 4 is 5.69 Å². The van der Waals surface area contributed by atoms with E-state index in [0.29, 0.717) is 12.8 Å². The van der Waals surface area contributed by atoms with Crippen LogP contribution in [-0.2, 0) is 12.5 Å². The number of hydrogen-bond acceptors (Lipinski definition) is 4. The Labute approximate surface area is 105 Å². The van der Waals surface area contributed by atoms with Crippen LogP contribution in [0.15, 0.2) is 30.6 Å². The summed E-state index contributed by atoms with van der Waals surface area (Å²) in [6, 6.07) is 7.80. The van der Waals surface area contributed by atoms with E-state index in [0.717, 1.165) is 17.1 Å². The lowest BCUT2D eigenvalue weighted by Gasteiger charge is -2.44. The molecule has 1 aromatic heterocycles. The Hall–Kier alpha value is -1.88. The van der Waals surface area contributed by atoms with Gasteiger partial charge in [-0.3, -0.25) is 0 Å². The molecule has 18 heavy (non-hydrogen) atoms. The van der Waals surface area contributed by atoms with Crippen molar-refractivity contribution in [2.75, 3.05) is 5.73 Å². The first-order chi connectivity index (χ1) is 8.62. The minimum Gasteiger partial charge on any atom is -0.399 e. The highest BCUT2D eigenvalue weighted by atomic mass is 16.3. The molecule has 0 radical (unpaired) electrons. The highest BCUT2D eigenvalue weighted by Gasteiger charge is 2.49. The first-order valence-corrected chi connectivity index (χ1v) is 6.00. The molecule has 5 nitrogen and oxygen atoms in total. The molecule has 0 atom stereocenters. The van der Waals surface area contributed by atoms with Crippen LogP contribution in [-0.4, -0.2) is 26.0 Å². The number of nitrogen functional groups attached to an aromatic ring is 1. The van der Waals surface area contributed by atoms with E-state index >= 15 is 0 Å². The first kappa shape index (κ1) is 11.2. The van der Waals surface area contributed by atoms with Crippen molar-refractivity contribution < 1.29 is 5.11 Å². The van der Waals surface area contributed by atoms with E-state index in [9.17, 15) is 5.11 Å². The van der Waals surface area contributed by atoms with Gasteiger partial charge in [0.15, 0.2) is 0 Å². The number of aryl methyl sites for hydroxylation is 1. The predicted octanol–water partition coefficient (Wildman–Crippen LogP) is 0.838. The lowest BCUT2D eigenvalue weighted by atomic mass is 9.62. The zero-order valence-corrected chi connectivity index (χ0v) is 10.2. The van der Waals surface area contributed by atoms with Crippen LogP contribution < -0.4 is 5.73 Å². The van der Waals surface area contributed by atoms with Crippen molar-refractivity contribution in [3.8, 4) is 0 Å². The van der Waals surface area contributed by atoms with Gasteiger partial charge in [0.05, 0.1) is 11.5 Å². The van der Waals surface area contributed by atoms with E-state index in [-0.39, 0.29) is 11.5 Å². The molecule has 3 rings (SSSR count). The van der Waals surface area contributed by atoms with Crippen molar-refractivity contribution in [1.29, 1.82) is 0 Å². The summed E-state index contributed by atoms with van der Waals surface area (Å²) in [5, 5.41) is 17.9. The number of aliphatic hydroxyl groups excluding tert-OH is 1. The number of anilines is 1. The van der Waals surface area contributed by atoms with E-state index in [2.05, 4.69) is 10.2 Å². The van der Waals surface area contributed by atoms with Crippen molar-refractivity contribution in [1.82, 2.24) is 14.8 Å². The third-order valence-electron chi connectivity index (χ3n) is 3.75. The molecule has 1 aliphatic carbocycles. The summed E-state index contributed by atoms with van der Waals surface area (Å²) in [6.07, 6.45) is 2.75. The molecule has 0 saturated heterocycles. The molecule has 1 fully saturated rings. The van der Waals surface area contributed by atoms with Crippen molar-refractivity contribution in [2.24, 2.45) is 7.05 Å². The minimum atomic E-state index is -0.275. The average molecular weight is 244 g/mol. The summed E-state index contributed by atoms with van der Waals surface area (Å²) >= 11 is 0. The fraction of sp³-hybridized carbons (Fsp3) is 0.385. The maximum Gasteiger partial charge on any atom is 0.143 e. The average Bonchev–Trinajstić information content (AvgIpc) is 2.71. The molecule has 0 amide bonds. The van der Waals surface area contributed by atoms with E-state index in [1.807, 2.05) is 35.9 Å². The van der Waals surface area contributed by atoms with Crippen LogP contribution in [0.25, 0.3) is 0 Å². The fourth-order valence-corrected chi connectivity index (χ4v) is 2.84. The van der Waals surface area contributed by atoms with Crippen LogP contribution in [0.2, 0.25) is 0 Å². The molecule has 1 saturated carbocycles. The molecule has 0 unspecified atom stereocenters. The molecule has 1 aromatic carbocycles. The van der Waals surface area contributed by atoms with Crippen molar-refractivity contribution in [3.05, 3.63) is 42.0 Å². The second kappa shape index (κ2) is 3.81. The standard InChI is InChI=1S/C13H16N4O/c1-17-8-15-16-12(17)13(6-11(18)7-13)9-3-2-4-10(14)5-9/h2-5,8,11,18H,6-7,14H2,1H3. The quantitative estimate of drug-likeness (QED) is 0.767. The monoisotopic (exact) mass is 244 g/mol. The second-order valence-corrected chi connectivity index (χ2v) is 5.04. The molecule has 1 aliphatic rings. The molecular weight excluding hydrogens is 228 g/mol. The smallest absolute Gasteiger partial charge is 0.143 e. The van der Waals surface area contributed by atoms with Gasteiger partial charge >= 0.3 is 0 Å². The molecule has 94 valence electrons. The highest BCUT2D eigenvalue weighted by molar-refractivity contribution is 5.47. The number of rotatable bonds is 2. The Kier molecular flexibility index (Phi) is 2.38. The zero-order chi connectivity index (χ0) is 12.8. The normalized spacial score (nSPS) is 26.9. The van der Waals surface area contributed by atoms with Crippen LogP contribution in [0.5, 0.6) is 0 Å². The number of aromatic nitrogens is 3. The maximum atomic E-state index is 9.72. The second-order valence-electron chi connectivity index (χ2n) is 5.04. The summed E-state index contributed by atoms with van der Waals surface area (Å²) in [5.41, 5.74) is 7.44. The third kappa shape index (κ3) is 1.51. The van der Waals surface area contributed by atoms with Gasteiger partial charge in [-0.25, -0.2) is 0 Å². The van der Waals surface area contributed by atoms with Crippen molar-refractivity contribution in [3.63, 3.8) is 0 Å². The van der Waals surface area contributed by atoms with Crippen LogP contribution in [0.3, 0.4) is 0 Å². The molecule has 0 spiro atoms. The van der Waals surface area contributed by atoms with Crippen LogP contribution >= 0.6 is 0 Å². The topological polar surface area (TPSA) is 77.0 Å². The van der Waals surface area contributed by atoms with Crippen molar-refractivity contribution in [2.45, 2.75) is 24.4 Å². The molecule has 5 heteroatoms. The van der Waals surface area contributed by atoms with E-state index in [4.69, 9.17) is 5.73 Å². The summed E-state index contributed by atoms with van der Waals surface area (Å²) in [5.74, 6) is 0.887. The summed E-state index contributed by atoms with van der Waals surface area (Å²) in [6.45, 7) is 0. The largest absolute Gasteiger partial charge is 0.399 e. The summed E-state index contributed by atoms with van der Waals surface area (Å²) < 4.78 is 1.91. The van der Waals surface area contributed by atoms with Crippen LogP contribution in [0.4, 0.5) is 5.69 Å². The molecule has 0 bridgehead atoms. The third-order valence-corrected chi connectivity index (χ3v) is 3.75. The van der Waals surface area contributed by atoms with Gasteiger partial charge in [-0.1, -0.05) is 12.1 Å². The lowest BCUT2D eigenvalue weighted by molar-refractivity contribution is 0.0323. The van der Waals surface area contributed by atoms with Gasteiger partial charge in [-0.15, -0.1) is 10.2 Å². The van der Waals surface area contributed by atoms with Gasteiger partial charge in [-0.05, 0) is 30.5 Å². The minimum absolute atomic E-state index is 0.250. The van der Waals surface area contributed by atoms with Gasteiger partial charge in [-0.2, -0.15) is 0 Å². The Morgan fingerprint density at radius 1 is 1.44 bits per heavy atom. The van der Waals surface area contributed by atoms with E-state index < -0.39 is 0 Å². The van der Waals surface area contributed by atoms with E-state index in [1.165, 1.54) is 0 Å². The zero-order valence-electron chi connectivity index (χ0n) is 10.2. The number of benzene rings is 1. The number of aliphatic hydroxyl groups is 1. The number of hydrogen-bond donors (Lipinski definition) is 2. The first-order valence-electron chi connectivity index (χ1n) is 6.00. The molecule has 3 N–H and O–H groups in total. The van der Waals surface area contributed by atoms with Gasteiger partial charge in [0.2, 0.25) is 0 Å². The van der Waals surface area contributed by atoms with Gasteiger partial charge in [0.25, 0.3) is 0 Å². The fourth-order valence-electron chi connectivity index (χ4n) is 2.84. The number of nitrogens with two attached hydrogens (primary N) is 1. The van der Waals surface area contributed by atoms with Crippen LogP contribution in [0, 0.1) is 0 Å². The summed E-state index contributed by atoms with van der Waals surface area (Å²) in [7, 11) is 1.92. The van der Waals surface area contributed by atoms with Gasteiger partial charge in [0, 0.05) is 12.7 Å². The maximum absolute atomic E-state index is 9.72. The summed E-state index contributed by atoms with van der Waals surface area (Å²) in [4.78, 5) is 0. The Bertz CT molecular complexity index is 572. The van der Waals surface area contributed by atoms with E-state index in [1.54, 1.807) is 6.33 Å². The Morgan fingerprint density at radius 2 is 2.22 bits per heavy atom. The lowest BCUT2D eigenvalue weighted by Crippen LogP contribution is -2.47. The Morgan fingerprint density at radius 3 is 2.78 bits per heavy atom. The number of nitrogens with zero attached hydrogens (tertiary/aromatic N) is 3. The van der Waals surface area contributed by atoms with Gasteiger partial charge in [0.1, 0.15) is 12.2 Å². The Balaban J connectivity index is 2.11. The van der Waals surface area contributed by atoms with Gasteiger partial charge < -0.3 is 15.4 Å². The molecule has 2 aromatic rings. The molecular formula is C13H16N4O. The predicted molar refractivity (Wildman–Crippen MR) is 67.9 cm³/mol. The highest BCUT2D eigenvalue weighted by Crippen LogP contribution is 2.48. The SMILES string of the molecule is Cn1cnnc1C1(c2cccc(N)c2)CC(O)C1. The molecule has 0 aliphatic heterocycles. The molecule has 1 heterocycles. The van der Waals surface area contributed by atoms with Crippen LogP contribution in [0.1, 0.15) is 24.2 Å².